The second-order valence-corrected chi connectivity index (χ2v) is 5.91. The molecule has 1 fully saturated rings. The van der Waals surface area contributed by atoms with Gasteiger partial charge in [0.25, 0.3) is 5.91 Å². The van der Waals surface area contributed by atoms with Gasteiger partial charge in [-0.15, -0.1) is 0 Å². The zero-order valence-corrected chi connectivity index (χ0v) is 12.8. The number of thiocarbonyl (C=S) groups is 1. The fraction of sp³-hybridized carbons (Fsp3) is 0.214. The van der Waals surface area contributed by atoms with Crippen LogP contribution in [-0.4, -0.2) is 34.8 Å². The number of benzene rings is 1. The minimum atomic E-state index is -1.21. The van der Waals surface area contributed by atoms with Crippen LogP contribution in [0.3, 0.4) is 0 Å². The van der Waals surface area contributed by atoms with Crippen LogP contribution >= 0.6 is 24.0 Å². The summed E-state index contributed by atoms with van der Waals surface area (Å²) in [6.07, 6.45) is 1.47. The van der Waals surface area contributed by atoms with Gasteiger partial charge in [0.05, 0.1) is 12.0 Å². The van der Waals surface area contributed by atoms with E-state index in [1.54, 1.807) is 19.3 Å². The Hall–Kier alpha value is -1.86. The molecule has 0 aliphatic carbocycles. The molecule has 0 radical (unpaired) electrons. The topological polar surface area (TPSA) is 69.7 Å². The van der Waals surface area contributed by atoms with Gasteiger partial charge in [-0.1, -0.05) is 36.1 Å². The molecule has 1 aromatic rings. The molecule has 1 aromatic carbocycles. The zero-order valence-electron chi connectivity index (χ0n) is 11.2. The van der Waals surface area contributed by atoms with Gasteiger partial charge in [-0.2, -0.15) is 0 Å². The summed E-state index contributed by atoms with van der Waals surface area (Å²) in [6, 6.07) is 7.27. The Morgan fingerprint density at radius 1 is 1.52 bits per heavy atom. The highest BCUT2D eigenvalue weighted by Gasteiger charge is 2.31. The quantitative estimate of drug-likeness (QED) is 0.596. The van der Waals surface area contributed by atoms with Gasteiger partial charge in [0.15, 0.2) is 0 Å². The smallest absolute Gasteiger partial charge is 0.266 e. The highest BCUT2D eigenvalue weighted by molar-refractivity contribution is 8.26. The van der Waals surface area contributed by atoms with E-state index in [4.69, 9.17) is 17.0 Å². The fourth-order valence-corrected chi connectivity index (χ4v) is 3.09. The summed E-state index contributed by atoms with van der Waals surface area (Å²) in [5, 5.41) is 10.5. The molecule has 21 heavy (non-hydrogen) atoms. The molecular formula is C14H12NO4S2-. The van der Waals surface area contributed by atoms with Crippen LogP contribution in [0.2, 0.25) is 0 Å². The molecule has 0 saturated carbocycles. The number of carboxylic acids is 1. The van der Waals surface area contributed by atoms with E-state index in [2.05, 4.69) is 0 Å². The van der Waals surface area contributed by atoms with Crippen molar-refractivity contribution in [2.45, 2.75) is 6.42 Å². The molecule has 5 nitrogen and oxygen atoms in total. The summed E-state index contributed by atoms with van der Waals surface area (Å²) in [5.41, 5.74) is 0.815. The van der Waals surface area contributed by atoms with Gasteiger partial charge in [0.2, 0.25) is 0 Å². The molecule has 0 bridgehead atoms. The first-order valence-electron chi connectivity index (χ1n) is 6.10. The summed E-state index contributed by atoms with van der Waals surface area (Å²) < 4.78 is 5.48. The molecule has 0 aromatic heterocycles. The van der Waals surface area contributed by atoms with Crippen molar-refractivity contribution in [1.29, 1.82) is 0 Å². The first-order chi connectivity index (χ1) is 10.0. The average molecular weight is 322 g/mol. The zero-order chi connectivity index (χ0) is 15.4. The van der Waals surface area contributed by atoms with Crippen LogP contribution in [0.5, 0.6) is 5.75 Å². The number of ether oxygens (including phenoxy) is 1. The van der Waals surface area contributed by atoms with Crippen LogP contribution in [0.4, 0.5) is 0 Å². The molecule has 1 aliphatic rings. The second kappa shape index (κ2) is 6.73. The summed E-state index contributed by atoms with van der Waals surface area (Å²) in [5.74, 6) is -0.800. The minimum absolute atomic E-state index is 0.0302. The van der Waals surface area contributed by atoms with E-state index in [-0.39, 0.29) is 18.9 Å². The molecule has 1 aliphatic heterocycles. The van der Waals surface area contributed by atoms with Gasteiger partial charge in [-0.25, -0.2) is 0 Å². The van der Waals surface area contributed by atoms with Crippen LogP contribution in [0.15, 0.2) is 29.2 Å². The predicted octanol–water partition coefficient (Wildman–Crippen LogP) is 1.04. The van der Waals surface area contributed by atoms with E-state index in [0.717, 1.165) is 17.3 Å². The maximum Gasteiger partial charge on any atom is 0.266 e. The van der Waals surface area contributed by atoms with Crippen LogP contribution in [0.1, 0.15) is 12.0 Å². The number of carboxylic acid groups (broad SMARTS) is 1. The van der Waals surface area contributed by atoms with Gasteiger partial charge in [-0.05, 0) is 23.8 Å². The molecule has 1 saturated heterocycles. The van der Waals surface area contributed by atoms with E-state index in [9.17, 15) is 14.7 Å². The Balaban J connectivity index is 2.17. The number of carbonyl (C=O) groups excluding carboxylic acids is 2. The lowest BCUT2D eigenvalue weighted by Crippen LogP contribution is -2.33. The summed E-state index contributed by atoms with van der Waals surface area (Å²) in [4.78, 5) is 24.4. The average Bonchev–Trinajstić information content (AvgIpc) is 2.71. The van der Waals surface area contributed by atoms with E-state index in [1.807, 2.05) is 18.2 Å². The molecule has 0 atom stereocenters. The van der Waals surface area contributed by atoms with E-state index < -0.39 is 5.97 Å². The van der Waals surface area contributed by atoms with Gasteiger partial charge < -0.3 is 14.6 Å². The number of thioether (sulfide) groups is 1. The number of amides is 1. The highest BCUT2D eigenvalue weighted by Crippen LogP contribution is 2.32. The number of methoxy groups -OCH3 is 1. The van der Waals surface area contributed by atoms with Crippen molar-refractivity contribution in [3.8, 4) is 5.75 Å². The SMILES string of the molecule is COc1cccc(C=C2SC(=S)N(CCC(=O)[O-])C2=O)c1. The van der Waals surface area contributed by atoms with Crippen molar-refractivity contribution in [2.75, 3.05) is 13.7 Å². The Kier molecular flexibility index (Phi) is 4.98. The fourth-order valence-electron chi connectivity index (χ4n) is 1.78. The Morgan fingerprint density at radius 2 is 2.29 bits per heavy atom. The molecule has 110 valence electrons. The lowest BCUT2D eigenvalue weighted by molar-refractivity contribution is -0.305. The van der Waals surface area contributed by atoms with E-state index in [1.165, 1.54) is 4.90 Å². The third-order valence-electron chi connectivity index (χ3n) is 2.80. The van der Waals surface area contributed by atoms with Crippen LogP contribution in [-0.2, 0) is 9.59 Å². The molecular weight excluding hydrogens is 310 g/mol. The molecule has 0 unspecified atom stereocenters. The molecule has 1 amide bonds. The van der Waals surface area contributed by atoms with Gasteiger partial charge in [0.1, 0.15) is 10.1 Å². The summed E-state index contributed by atoms with van der Waals surface area (Å²) in [6.45, 7) is 0.0302. The molecule has 2 rings (SSSR count). The number of carbonyl (C=O) groups is 2. The van der Waals surface area contributed by atoms with Crippen molar-refractivity contribution in [3.63, 3.8) is 0 Å². The third-order valence-corrected chi connectivity index (χ3v) is 4.18. The van der Waals surface area contributed by atoms with Crippen LogP contribution in [0.25, 0.3) is 6.08 Å². The van der Waals surface area contributed by atoms with Gasteiger partial charge in [-0.3, -0.25) is 9.69 Å². The second-order valence-electron chi connectivity index (χ2n) is 4.23. The van der Waals surface area contributed by atoms with E-state index in [0.29, 0.717) is 15.0 Å². The van der Waals surface area contributed by atoms with Crippen molar-refractivity contribution in [3.05, 3.63) is 34.7 Å². The maximum absolute atomic E-state index is 12.2. The molecule has 1 heterocycles. The van der Waals surface area contributed by atoms with Crippen molar-refractivity contribution < 1.29 is 19.4 Å². The number of hydrogen-bond acceptors (Lipinski definition) is 6. The first-order valence-corrected chi connectivity index (χ1v) is 7.33. The Labute approximate surface area is 131 Å². The Bertz CT molecular complexity index is 627. The van der Waals surface area contributed by atoms with Gasteiger partial charge in [0, 0.05) is 18.9 Å². The number of rotatable bonds is 5. The summed E-state index contributed by atoms with van der Waals surface area (Å²) in [7, 11) is 1.57. The van der Waals surface area contributed by atoms with Crippen molar-refractivity contribution in [2.24, 2.45) is 0 Å². The lowest BCUT2D eigenvalue weighted by Gasteiger charge is -2.14. The van der Waals surface area contributed by atoms with Crippen LogP contribution in [0, 0.1) is 0 Å². The number of hydrogen-bond donors (Lipinski definition) is 0. The van der Waals surface area contributed by atoms with Gasteiger partial charge >= 0.3 is 0 Å². The first kappa shape index (κ1) is 15.5. The minimum Gasteiger partial charge on any atom is -0.550 e. The third kappa shape index (κ3) is 3.83. The largest absolute Gasteiger partial charge is 0.550 e. The van der Waals surface area contributed by atoms with E-state index >= 15 is 0 Å². The normalized spacial score (nSPS) is 16.6. The molecule has 7 heteroatoms. The lowest BCUT2D eigenvalue weighted by atomic mass is 10.2. The number of nitrogens with zero attached hydrogens (tertiary/aromatic N) is 1. The maximum atomic E-state index is 12.2. The standard InChI is InChI=1S/C14H13NO4S2/c1-19-10-4-2-3-9(7-10)8-11-13(18)15(14(20)21-11)6-5-12(16)17/h2-4,7-8H,5-6H2,1H3,(H,16,17)/p-1. The Morgan fingerprint density at radius 3 is 2.95 bits per heavy atom. The van der Waals surface area contributed by atoms with Crippen molar-refractivity contribution in [1.82, 2.24) is 4.90 Å². The number of aliphatic carboxylic acids is 1. The monoisotopic (exact) mass is 322 g/mol. The molecule has 0 N–H and O–H groups in total. The summed E-state index contributed by atoms with van der Waals surface area (Å²) >= 11 is 6.26. The predicted molar refractivity (Wildman–Crippen MR) is 82.5 cm³/mol. The molecule has 0 spiro atoms. The highest BCUT2D eigenvalue weighted by atomic mass is 32.2. The van der Waals surface area contributed by atoms with Crippen molar-refractivity contribution >= 4 is 46.3 Å². The van der Waals surface area contributed by atoms with Crippen LogP contribution < -0.4 is 9.84 Å².